The summed E-state index contributed by atoms with van der Waals surface area (Å²) in [6.07, 6.45) is 1.22. The molecule has 1 aliphatic rings. The summed E-state index contributed by atoms with van der Waals surface area (Å²) in [4.78, 5) is 25.5. The molecule has 0 aromatic heterocycles. The second-order valence-electron chi connectivity index (χ2n) is 6.32. The van der Waals surface area contributed by atoms with Crippen molar-refractivity contribution in [1.82, 2.24) is 4.90 Å². The largest absolute Gasteiger partial charge is 0.478 e. The van der Waals surface area contributed by atoms with E-state index in [0.717, 1.165) is 11.1 Å². The SMILES string of the molecule is COCc1ccc(C(=O)N2CCc3ccc(C(=O)O)cc3CC2)cc1F. The predicted octanol–water partition coefficient (Wildman–Crippen LogP) is 2.91. The van der Waals surface area contributed by atoms with E-state index in [1.807, 2.05) is 6.07 Å². The lowest BCUT2D eigenvalue weighted by Crippen LogP contribution is -2.33. The lowest BCUT2D eigenvalue weighted by molar-refractivity contribution is 0.0695. The number of carbonyl (C=O) groups excluding carboxylic acids is 1. The molecular weight excluding hydrogens is 337 g/mol. The molecule has 0 unspecified atom stereocenters. The second-order valence-corrected chi connectivity index (χ2v) is 6.32. The van der Waals surface area contributed by atoms with Crippen molar-refractivity contribution in [3.63, 3.8) is 0 Å². The van der Waals surface area contributed by atoms with E-state index < -0.39 is 11.8 Å². The Bertz CT molecular complexity index is 850. The monoisotopic (exact) mass is 357 g/mol. The Hall–Kier alpha value is -2.73. The Labute approximate surface area is 151 Å². The summed E-state index contributed by atoms with van der Waals surface area (Å²) >= 11 is 0. The molecule has 1 heterocycles. The van der Waals surface area contributed by atoms with Gasteiger partial charge in [-0.05, 0) is 48.2 Å². The summed E-state index contributed by atoms with van der Waals surface area (Å²) < 4.78 is 19.0. The zero-order valence-corrected chi connectivity index (χ0v) is 14.5. The average Bonchev–Trinajstić information content (AvgIpc) is 2.85. The third-order valence-corrected chi connectivity index (χ3v) is 4.64. The van der Waals surface area contributed by atoms with Gasteiger partial charge in [-0.15, -0.1) is 0 Å². The molecule has 6 heteroatoms. The van der Waals surface area contributed by atoms with Crippen molar-refractivity contribution in [2.45, 2.75) is 19.4 Å². The number of benzene rings is 2. The van der Waals surface area contributed by atoms with Gasteiger partial charge in [-0.3, -0.25) is 4.79 Å². The molecule has 2 aromatic carbocycles. The Balaban J connectivity index is 1.76. The summed E-state index contributed by atoms with van der Waals surface area (Å²) in [5.41, 5.74) is 2.96. The Morgan fingerprint density at radius 2 is 1.77 bits per heavy atom. The summed E-state index contributed by atoms with van der Waals surface area (Å²) in [7, 11) is 1.49. The van der Waals surface area contributed by atoms with E-state index in [2.05, 4.69) is 0 Å². The number of nitrogens with zero attached hydrogens (tertiary/aromatic N) is 1. The third kappa shape index (κ3) is 3.75. The standard InChI is InChI=1S/C20H20FNO4/c1-26-12-17-5-3-15(11-18(17)21)19(23)22-8-6-13-2-4-16(20(24)25)10-14(13)7-9-22/h2-5,10-11H,6-9,12H2,1H3,(H,24,25). The fraction of sp³-hybridized carbons (Fsp3) is 0.300. The van der Waals surface area contributed by atoms with E-state index in [1.54, 1.807) is 29.2 Å². The van der Waals surface area contributed by atoms with Crippen LogP contribution in [-0.4, -0.2) is 42.1 Å². The topological polar surface area (TPSA) is 66.8 Å². The normalized spacial score (nSPS) is 13.8. The number of aromatic carboxylic acids is 1. The number of hydrogen-bond donors (Lipinski definition) is 1. The molecule has 136 valence electrons. The first kappa shape index (κ1) is 18.1. The fourth-order valence-electron chi connectivity index (χ4n) is 3.20. The fourth-order valence-corrected chi connectivity index (χ4v) is 3.20. The van der Waals surface area contributed by atoms with Crippen LogP contribution in [0.2, 0.25) is 0 Å². The van der Waals surface area contributed by atoms with Crippen molar-refractivity contribution in [2.75, 3.05) is 20.2 Å². The van der Waals surface area contributed by atoms with Crippen LogP contribution in [0.25, 0.3) is 0 Å². The molecule has 0 saturated carbocycles. The van der Waals surface area contributed by atoms with Crippen LogP contribution >= 0.6 is 0 Å². The third-order valence-electron chi connectivity index (χ3n) is 4.64. The number of carboxylic acid groups (broad SMARTS) is 1. The summed E-state index contributed by atoms with van der Waals surface area (Å²) in [6.45, 7) is 1.14. The zero-order chi connectivity index (χ0) is 18.7. The number of methoxy groups -OCH3 is 1. The minimum absolute atomic E-state index is 0.158. The van der Waals surface area contributed by atoms with Crippen molar-refractivity contribution in [3.05, 3.63) is 70.0 Å². The number of hydrogen-bond acceptors (Lipinski definition) is 3. The number of amides is 1. The Morgan fingerprint density at radius 1 is 1.08 bits per heavy atom. The Morgan fingerprint density at radius 3 is 2.42 bits per heavy atom. The van der Waals surface area contributed by atoms with Crippen molar-refractivity contribution in [3.8, 4) is 0 Å². The summed E-state index contributed by atoms with van der Waals surface area (Å²) in [5.74, 6) is -1.64. The highest BCUT2D eigenvalue weighted by Gasteiger charge is 2.21. The van der Waals surface area contributed by atoms with Crippen molar-refractivity contribution in [2.24, 2.45) is 0 Å². The van der Waals surface area contributed by atoms with Gasteiger partial charge in [0.15, 0.2) is 0 Å². The summed E-state index contributed by atoms with van der Waals surface area (Å²) in [6, 6.07) is 9.49. The molecule has 0 radical (unpaired) electrons. The van der Waals surface area contributed by atoms with E-state index in [9.17, 15) is 14.0 Å². The minimum Gasteiger partial charge on any atom is -0.478 e. The molecule has 0 aliphatic carbocycles. The second kappa shape index (κ2) is 7.66. The first-order valence-electron chi connectivity index (χ1n) is 8.41. The van der Waals surface area contributed by atoms with Crippen LogP contribution in [0.5, 0.6) is 0 Å². The van der Waals surface area contributed by atoms with E-state index in [4.69, 9.17) is 9.84 Å². The molecule has 3 rings (SSSR count). The van der Waals surface area contributed by atoms with Gasteiger partial charge < -0.3 is 14.7 Å². The van der Waals surface area contributed by atoms with E-state index in [-0.39, 0.29) is 18.1 Å². The van der Waals surface area contributed by atoms with Crippen molar-refractivity contribution in [1.29, 1.82) is 0 Å². The van der Waals surface area contributed by atoms with Crippen LogP contribution in [-0.2, 0) is 24.2 Å². The van der Waals surface area contributed by atoms with Crippen LogP contribution in [0.4, 0.5) is 4.39 Å². The Kier molecular flexibility index (Phi) is 5.32. The number of ether oxygens (including phenoxy) is 1. The lowest BCUT2D eigenvalue weighted by Gasteiger charge is -2.20. The van der Waals surface area contributed by atoms with Crippen LogP contribution in [0.3, 0.4) is 0 Å². The van der Waals surface area contributed by atoms with Gasteiger partial charge in [-0.2, -0.15) is 0 Å². The van der Waals surface area contributed by atoms with Gasteiger partial charge >= 0.3 is 5.97 Å². The first-order valence-corrected chi connectivity index (χ1v) is 8.41. The molecule has 0 bridgehead atoms. The smallest absolute Gasteiger partial charge is 0.335 e. The average molecular weight is 357 g/mol. The number of rotatable bonds is 4. The van der Waals surface area contributed by atoms with Gasteiger partial charge in [-0.1, -0.05) is 12.1 Å². The maximum absolute atomic E-state index is 14.1. The number of carbonyl (C=O) groups is 2. The molecule has 1 N–H and O–H groups in total. The van der Waals surface area contributed by atoms with Gasteiger partial charge in [0.2, 0.25) is 0 Å². The minimum atomic E-state index is -0.961. The molecule has 1 aliphatic heterocycles. The molecule has 2 aromatic rings. The summed E-state index contributed by atoms with van der Waals surface area (Å²) in [5, 5.41) is 9.12. The van der Waals surface area contributed by atoms with E-state index >= 15 is 0 Å². The number of carboxylic acids is 1. The molecule has 0 fully saturated rings. The maximum Gasteiger partial charge on any atom is 0.335 e. The van der Waals surface area contributed by atoms with Crippen molar-refractivity contribution < 1.29 is 23.8 Å². The molecule has 5 nitrogen and oxygen atoms in total. The maximum atomic E-state index is 14.1. The number of fused-ring (bicyclic) bond motifs is 1. The molecule has 0 spiro atoms. The van der Waals surface area contributed by atoms with Crippen molar-refractivity contribution >= 4 is 11.9 Å². The van der Waals surface area contributed by atoms with Gasteiger partial charge in [-0.25, -0.2) is 9.18 Å². The molecular formula is C20H20FNO4. The van der Waals surface area contributed by atoms with Crippen LogP contribution < -0.4 is 0 Å². The number of halogens is 1. The van der Waals surface area contributed by atoms with Gasteiger partial charge in [0.25, 0.3) is 5.91 Å². The highest BCUT2D eigenvalue weighted by Crippen LogP contribution is 2.20. The highest BCUT2D eigenvalue weighted by molar-refractivity contribution is 5.94. The van der Waals surface area contributed by atoms with Gasteiger partial charge in [0.05, 0.1) is 12.2 Å². The molecule has 0 atom stereocenters. The first-order chi connectivity index (χ1) is 12.5. The predicted molar refractivity (Wildman–Crippen MR) is 93.8 cm³/mol. The van der Waals surface area contributed by atoms with Crippen LogP contribution in [0.15, 0.2) is 36.4 Å². The quantitative estimate of drug-likeness (QED) is 0.914. The van der Waals surface area contributed by atoms with Crippen LogP contribution in [0, 0.1) is 5.82 Å². The van der Waals surface area contributed by atoms with Gasteiger partial charge in [0.1, 0.15) is 5.82 Å². The van der Waals surface area contributed by atoms with Gasteiger partial charge in [0, 0.05) is 31.3 Å². The van der Waals surface area contributed by atoms with E-state index in [1.165, 1.54) is 13.2 Å². The lowest BCUT2D eigenvalue weighted by atomic mass is 10.0. The van der Waals surface area contributed by atoms with Crippen LogP contribution in [0.1, 0.15) is 37.4 Å². The molecule has 26 heavy (non-hydrogen) atoms. The van der Waals surface area contributed by atoms with E-state index in [0.29, 0.717) is 37.1 Å². The zero-order valence-electron chi connectivity index (χ0n) is 14.5. The molecule has 1 amide bonds. The molecule has 0 saturated heterocycles. The highest BCUT2D eigenvalue weighted by atomic mass is 19.1.